The molecule has 1 saturated carbocycles. The zero-order valence-corrected chi connectivity index (χ0v) is 25.6. The van der Waals surface area contributed by atoms with Crippen LogP contribution in [0.4, 0.5) is 33.3 Å². The summed E-state index contributed by atoms with van der Waals surface area (Å²) in [7, 11) is 1.33. The summed E-state index contributed by atoms with van der Waals surface area (Å²) >= 11 is 1.21. The van der Waals surface area contributed by atoms with E-state index in [2.05, 4.69) is 32.7 Å². The summed E-state index contributed by atoms with van der Waals surface area (Å²) in [5.74, 6) is 4.00. The normalized spacial score (nSPS) is 19.1. The van der Waals surface area contributed by atoms with Gasteiger partial charge in [0.25, 0.3) is 5.91 Å². The number of hydrogen-bond acceptors (Lipinski definition) is 7. The second-order valence-corrected chi connectivity index (χ2v) is 12.0. The number of thiophene rings is 1. The third kappa shape index (κ3) is 8.17. The summed E-state index contributed by atoms with van der Waals surface area (Å²) in [5, 5.41) is 9.21. The zero-order valence-electron chi connectivity index (χ0n) is 24.8. The van der Waals surface area contributed by atoms with Gasteiger partial charge < -0.3 is 25.4 Å². The van der Waals surface area contributed by atoms with E-state index in [-0.39, 0.29) is 40.0 Å². The molecule has 3 aromatic rings. The third-order valence-electron chi connectivity index (χ3n) is 8.13. The molecule has 1 aliphatic carbocycles. The largest absolute Gasteiger partial charge is 0.461 e. The van der Waals surface area contributed by atoms with E-state index in [1.165, 1.54) is 18.4 Å². The molecule has 0 bridgehead atoms. The molecule has 2 aromatic carbocycles. The average Bonchev–Trinajstić information content (AvgIpc) is 3.37. The first-order chi connectivity index (χ1) is 21.7. The summed E-state index contributed by atoms with van der Waals surface area (Å²) in [5.41, 5.74) is 0.627. The summed E-state index contributed by atoms with van der Waals surface area (Å²) < 4.78 is 79.6. The van der Waals surface area contributed by atoms with Crippen LogP contribution in [-0.4, -0.2) is 75.8 Å². The van der Waals surface area contributed by atoms with Gasteiger partial charge in [-0.3, -0.25) is 9.69 Å². The first-order valence-corrected chi connectivity index (χ1v) is 15.6. The molecule has 7 nitrogen and oxygen atoms in total. The van der Waals surface area contributed by atoms with Gasteiger partial charge in [-0.2, -0.15) is 13.2 Å². The number of amides is 1. The molecular formula is C32H35F5N4O3S. The summed E-state index contributed by atoms with van der Waals surface area (Å²) in [6, 6.07) is 8.15. The van der Waals surface area contributed by atoms with Crippen LogP contribution < -0.4 is 20.7 Å². The minimum Gasteiger partial charge on any atom is -0.461 e. The molecule has 1 amide bonds. The van der Waals surface area contributed by atoms with Gasteiger partial charge in [-0.25, -0.2) is 8.78 Å². The number of hydrogen-bond donors (Lipinski definition) is 3. The molecule has 0 radical (unpaired) electrons. The van der Waals surface area contributed by atoms with Crippen molar-refractivity contribution in [2.24, 2.45) is 0 Å². The van der Waals surface area contributed by atoms with Gasteiger partial charge in [0, 0.05) is 38.3 Å². The van der Waals surface area contributed by atoms with Crippen molar-refractivity contribution in [3.63, 3.8) is 0 Å². The van der Waals surface area contributed by atoms with Gasteiger partial charge in [-0.15, -0.1) is 11.3 Å². The quantitative estimate of drug-likeness (QED) is 0.186. The van der Waals surface area contributed by atoms with Gasteiger partial charge in [-0.1, -0.05) is 24.0 Å². The van der Waals surface area contributed by atoms with Crippen LogP contribution >= 0.6 is 11.3 Å². The Hall–Kier alpha value is -3.60. The van der Waals surface area contributed by atoms with Crippen molar-refractivity contribution < 1.29 is 36.2 Å². The van der Waals surface area contributed by atoms with E-state index in [0.29, 0.717) is 11.4 Å². The smallest absolute Gasteiger partial charge is 0.393 e. The lowest BCUT2D eigenvalue weighted by Gasteiger charge is -2.39. The number of carbonyl (C=O) groups excluding carboxylic acids is 1. The maximum Gasteiger partial charge on any atom is 0.393 e. The maximum atomic E-state index is 14.5. The van der Waals surface area contributed by atoms with Gasteiger partial charge >= 0.3 is 6.18 Å². The van der Waals surface area contributed by atoms with Crippen LogP contribution in [0.5, 0.6) is 5.75 Å². The van der Waals surface area contributed by atoms with E-state index in [4.69, 9.17) is 9.47 Å². The maximum absolute atomic E-state index is 14.5. The molecule has 242 valence electrons. The Labute approximate surface area is 262 Å². The van der Waals surface area contributed by atoms with Gasteiger partial charge in [0.1, 0.15) is 11.6 Å². The second kappa shape index (κ2) is 14.7. The summed E-state index contributed by atoms with van der Waals surface area (Å²) in [4.78, 5) is 14.7. The molecular weight excluding hydrogens is 615 g/mol. The topological polar surface area (TPSA) is 74.9 Å². The fraction of sp³-hybridized carbons (Fsp3) is 0.469. The van der Waals surface area contributed by atoms with Crippen LogP contribution in [0.2, 0.25) is 0 Å². The second-order valence-electron chi connectivity index (χ2n) is 11.0. The number of carbonyl (C=O) groups is 1. The van der Waals surface area contributed by atoms with Gasteiger partial charge in [-0.05, 0) is 48.8 Å². The Bertz CT molecular complexity index is 1550. The van der Waals surface area contributed by atoms with E-state index in [0.717, 1.165) is 74.5 Å². The number of nitrogens with zero attached hydrogens (tertiary/aromatic N) is 1. The minimum absolute atomic E-state index is 0.0498. The first kappa shape index (κ1) is 32.8. The Morgan fingerprint density at radius 2 is 1.89 bits per heavy atom. The highest BCUT2D eigenvalue weighted by Gasteiger charge is 2.32. The number of alkyl halides is 4. The molecule has 5 rings (SSSR count). The van der Waals surface area contributed by atoms with E-state index in [1.54, 1.807) is 12.1 Å². The molecule has 1 aliphatic heterocycles. The first-order valence-electron chi connectivity index (χ1n) is 14.8. The fourth-order valence-corrected chi connectivity index (χ4v) is 7.12. The summed E-state index contributed by atoms with van der Waals surface area (Å²) in [6.07, 6.45) is -1.52. The molecule has 0 unspecified atom stereocenters. The van der Waals surface area contributed by atoms with E-state index in [9.17, 15) is 26.7 Å². The van der Waals surface area contributed by atoms with Gasteiger partial charge in [0.2, 0.25) is 6.86 Å². The molecule has 45 heavy (non-hydrogen) atoms. The number of morpholine rings is 1. The SMILES string of the molecule is CNC(=O)c1cc(OCF)c(NCC#Cc2sc3c(NC4CCC(N5CCOCC5)CC4)cccc3c2CC(F)(F)F)cc1F. The minimum atomic E-state index is -4.44. The van der Waals surface area contributed by atoms with Crippen molar-refractivity contribution in [1.29, 1.82) is 0 Å². The van der Waals surface area contributed by atoms with E-state index < -0.39 is 31.2 Å². The van der Waals surface area contributed by atoms with Gasteiger partial charge in [0.15, 0.2) is 0 Å². The van der Waals surface area contributed by atoms with Crippen LogP contribution in [0.1, 0.15) is 46.5 Å². The fourth-order valence-electron chi connectivity index (χ4n) is 5.95. The predicted octanol–water partition coefficient (Wildman–Crippen LogP) is 6.33. The number of halogens is 5. The number of rotatable bonds is 9. The van der Waals surface area contributed by atoms with Crippen LogP contribution in [0.25, 0.3) is 10.1 Å². The zero-order chi connectivity index (χ0) is 32.0. The molecule has 2 aliphatic rings. The monoisotopic (exact) mass is 650 g/mol. The third-order valence-corrected chi connectivity index (χ3v) is 9.33. The van der Waals surface area contributed by atoms with Crippen LogP contribution in [0, 0.1) is 17.7 Å². The highest BCUT2D eigenvalue weighted by molar-refractivity contribution is 7.20. The molecule has 3 N–H and O–H groups in total. The van der Waals surface area contributed by atoms with Crippen molar-refractivity contribution in [2.75, 3.05) is 57.4 Å². The lowest BCUT2D eigenvalue weighted by atomic mass is 9.89. The Morgan fingerprint density at radius 1 is 1.13 bits per heavy atom. The average molecular weight is 651 g/mol. The lowest BCUT2D eigenvalue weighted by Crippen LogP contribution is -2.46. The molecule has 1 aromatic heterocycles. The van der Waals surface area contributed by atoms with E-state index >= 15 is 0 Å². The van der Waals surface area contributed by atoms with Crippen molar-refractivity contribution in [3.8, 4) is 17.6 Å². The molecule has 2 heterocycles. The molecule has 1 saturated heterocycles. The van der Waals surface area contributed by atoms with Crippen molar-refractivity contribution in [1.82, 2.24) is 10.2 Å². The molecule has 13 heteroatoms. The van der Waals surface area contributed by atoms with Crippen LogP contribution in [0.3, 0.4) is 0 Å². The van der Waals surface area contributed by atoms with Crippen LogP contribution in [0.15, 0.2) is 30.3 Å². The number of nitrogens with one attached hydrogen (secondary N) is 3. The number of ether oxygens (including phenoxy) is 2. The Balaban J connectivity index is 1.34. The van der Waals surface area contributed by atoms with Crippen molar-refractivity contribution >= 4 is 38.7 Å². The predicted molar refractivity (Wildman–Crippen MR) is 165 cm³/mol. The summed E-state index contributed by atoms with van der Waals surface area (Å²) in [6.45, 7) is 2.11. The molecule has 0 spiro atoms. The lowest BCUT2D eigenvalue weighted by molar-refractivity contribution is -0.126. The Morgan fingerprint density at radius 3 is 2.58 bits per heavy atom. The van der Waals surface area contributed by atoms with Crippen molar-refractivity contribution in [3.05, 3.63) is 52.2 Å². The number of fused-ring (bicyclic) bond motifs is 1. The highest BCUT2D eigenvalue weighted by Crippen LogP contribution is 2.40. The van der Waals surface area contributed by atoms with E-state index in [1.807, 2.05) is 6.07 Å². The molecule has 2 fully saturated rings. The Kier molecular flexibility index (Phi) is 10.7. The highest BCUT2D eigenvalue weighted by atomic mass is 32.1. The standard InChI is InChI=1S/C32H35F5N4O3S/c1-38-31(42)23-16-28(44-19-33)27(17-25(23)34)39-11-3-6-29-24(18-32(35,36)37)22-4-2-5-26(30(22)45-29)40-20-7-9-21(10-8-20)41-12-14-43-15-13-41/h2,4-5,16-17,20-21,39-40H,7-15,18-19H2,1H3,(H,38,42). The van der Waals surface area contributed by atoms with Crippen LogP contribution in [-0.2, 0) is 11.2 Å². The van der Waals surface area contributed by atoms with Crippen molar-refractivity contribution in [2.45, 2.75) is 50.4 Å². The number of anilines is 2. The number of benzene rings is 2. The molecule has 0 atom stereocenters. The van der Waals surface area contributed by atoms with Gasteiger partial charge in [0.05, 0.1) is 52.7 Å².